The van der Waals surface area contributed by atoms with Gasteiger partial charge in [-0.15, -0.1) is 10.2 Å². The van der Waals surface area contributed by atoms with E-state index in [0.29, 0.717) is 11.3 Å². The highest BCUT2D eigenvalue weighted by Gasteiger charge is 2.32. The zero-order valence-corrected chi connectivity index (χ0v) is 11.0. The first-order chi connectivity index (χ1) is 7.20. The number of rotatable bonds is 3. The summed E-state index contributed by atoms with van der Waals surface area (Å²) < 4.78 is 1.13. The summed E-state index contributed by atoms with van der Waals surface area (Å²) in [7, 11) is 2.06. The van der Waals surface area contributed by atoms with Crippen molar-refractivity contribution >= 4 is 23.1 Å². The molecule has 0 aromatic carbocycles. The molecule has 2 rings (SSSR count). The summed E-state index contributed by atoms with van der Waals surface area (Å²) in [6, 6.07) is 0.677. The van der Waals surface area contributed by atoms with Crippen molar-refractivity contribution < 1.29 is 0 Å². The zero-order valence-electron chi connectivity index (χ0n) is 9.36. The minimum absolute atomic E-state index is 0.677. The average molecular weight is 243 g/mol. The summed E-state index contributed by atoms with van der Waals surface area (Å²) in [6.07, 6.45) is 2.57. The predicted octanol–water partition coefficient (Wildman–Crippen LogP) is 2.33. The molecule has 3 atom stereocenters. The maximum atomic E-state index is 4.18. The molecule has 0 radical (unpaired) electrons. The van der Waals surface area contributed by atoms with Gasteiger partial charge in [-0.3, -0.25) is 0 Å². The molecule has 0 saturated heterocycles. The minimum Gasteiger partial charge on any atom is -0.317 e. The van der Waals surface area contributed by atoms with E-state index in [4.69, 9.17) is 0 Å². The van der Waals surface area contributed by atoms with Crippen molar-refractivity contribution in [3.05, 3.63) is 5.01 Å². The van der Waals surface area contributed by atoms with Gasteiger partial charge >= 0.3 is 0 Å². The van der Waals surface area contributed by atoms with Crippen molar-refractivity contribution in [2.24, 2.45) is 5.92 Å². The number of hydrogen-bond donors (Lipinski definition) is 1. The monoisotopic (exact) mass is 243 g/mol. The maximum absolute atomic E-state index is 4.18. The third-order valence-corrected chi connectivity index (χ3v) is 5.54. The standard InChI is InChI=1S/C10H17N3S2/c1-6-8(11-3)4-5-9(6)15-10-13-12-7(2)14-10/h6,8-9,11H,4-5H2,1-3H3. The van der Waals surface area contributed by atoms with Crippen molar-refractivity contribution in [3.8, 4) is 0 Å². The second kappa shape index (κ2) is 4.80. The molecule has 5 heteroatoms. The van der Waals surface area contributed by atoms with Gasteiger partial charge < -0.3 is 5.32 Å². The molecule has 1 N–H and O–H groups in total. The molecule has 1 aliphatic carbocycles. The summed E-state index contributed by atoms with van der Waals surface area (Å²) in [5.41, 5.74) is 0. The first kappa shape index (κ1) is 11.4. The van der Waals surface area contributed by atoms with Gasteiger partial charge in [0, 0.05) is 11.3 Å². The molecule has 3 nitrogen and oxygen atoms in total. The molecule has 1 saturated carbocycles. The molecule has 0 bridgehead atoms. The highest BCUT2D eigenvalue weighted by molar-refractivity contribution is 8.01. The lowest BCUT2D eigenvalue weighted by molar-refractivity contribution is 0.464. The van der Waals surface area contributed by atoms with Crippen LogP contribution in [-0.4, -0.2) is 28.5 Å². The normalized spacial score (nSPS) is 31.0. The Morgan fingerprint density at radius 2 is 2.20 bits per heavy atom. The smallest absolute Gasteiger partial charge is 0.174 e. The van der Waals surface area contributed by atoms with Crippen molar-refractivity contribution in [1.82, 2.24) is 15.5 Å². The number of aromatic nitrogens is 2. The van der Waals surface area contributed by atoms with Crippen LogP contribution in [0.15, 0.2) is 4.34 Å². The quantitative estimate of drug-likeness (QED) is 0.884. The molecule has 0 spiro atoms. The molecule has 1 aliphatic rings. The van der Waals surface area contributed by atoms with E-state index in [-0.39, 0.29) is 0 Å². The number of hydrogen-bond acceptors (Lipinski definition) is 5. The first-order valence-electron chi connectivity index (χ1n) is 5.34. The van der Waals surface area contributed by atoms with Gasteiger partial charge in [0.25, 0.3) is 0 Å². The van der Waals surface area contributed by atoms with Gasteiger partial charge in [-0.1, -0.05) is 30.0 Å². The summed E-state index contributed by atoms with van der Waals surface area (Å²) in [6.45, 7) is 4.34. The average Bonchev–Trinajstić information content (AvgIpc) is 2.76. The van der Waals surface area contributed by atoms with E-state index < -0.39 is 0 Å². The molecule has 1 aromatic rings. The Bertz CT molecular complexity index is 326. The molecule has 3 unspecified atom stereocenters. The summed E-state index contributed by atoms with van der Waals surface area (Å²) in [5, 5.41) is 13.4. The molecule has 1 aromatic heterocycles. The molecular formula is C10H17N3S2. The lowest BCUT2D eigenvalue weighted by Gasteiger charge is -2.18. The first-order valence-corrected chi connectivity index (χ1v) is 7.04. The molecular weight excluding hydrogens is 226 g/mol. The van der Waals surface area contributed by atoms with E-state index in [1.54, 1.807) is 11.3 Å². The fraction of sp³-hybridized carbons (Fsp3) is 0.800. The van der Waals surface area contributed by atoms with Crippen LogP contribution < -0.4 is 5.32 Å². The van der Waals surface area contributed by atoms with E-state index in [9.17, 15) is 0 Å². The van der Waals surface area contributed by atoms with Gasteiger partial charge in [-0.25, -0.2) is 0 Å². The number of aryl methyl sites for hydroxylation is 1. The Balaban J connectivity index is 1.96. The van der Waals surface area contributed by atoms with Gasteiger partial charge in [-0.2, -0.15) is 0 Å². The van der Waals surface area contributed by atoms with Crippen LogP contribution in [0.4, 0.5) is 0 Å². The maximum Gasteiger partial charge on any atom is 0.174 e. The van der Waals surface area contributed by atoms with Crippen LogP contribution in [0.3, 0.4) is 0 Å². The van der Waals surface area contributed by atoms with Crippen LogP contribution in [0, 0.1) is 12.8 Å². The predicted molar refractivity (Wildman–Crippen MR) is 65.5 cm³/mol. The molecule has 84 valence electrons. The highest BCUT2D eigenvalue weighted by Crippen LogP contribution is 2.39. The zero-order chi connectivity index (χ0) is 10.8. The SMILES string of the molecule is CNC1CCC(Sc2nnc(C)s2)C1C. The van der Waals surface area contributed by atoms with E-state index in [2.05, 4.69) is 29.5 Å². The van der Waals surface area contributed by atoms with Crippen LogP contribution in [0.5, 0.6) is 0 Å². The summed E-state index contributed by atoms with van der Waals surface area (Å²) in [4.78, 5) is 0. The van der Waals surface area contributed by atoms with Gasteiger partial charge in [-0.05, 0) is 32.7 Å². The second-order valence-electron chi connectivity index (χ2n) is 4.07. The van der Waals surface area contributed by atoms with E-state index in [1.165, 1.54) is 12.8 Å². The van der Waals surface area contributed by atoms with Crippen molar-refractivity contribution in [2.45, 2.75) is 42.3 Å². The van der Waals surface area contributed by atoms with Gasteiger partial charge in [0.15, 0.2) is 4.34 Å². The molecule has 1 heterocycles. The fourth-order valence-electron chi connectivity index (χ4n) is 2.16. The Hall–Kier alpha value is -0.130. The Morgan fingerprint density at radius 1 is 1.40 bits per heavy atom. The number of nitrogens with zero attached hydrogens (tertiary/aromatic N) is 2. The van der Waals surface area contributed by atoms with Gasteiger partial charge in [0.2, 0.25) is 0 Å². The Morgan fingerprint density at radius 3 is 2.73 bits per heavy atom. The van der Waals surface area contributed by atoms with E-state index in [0.717, 1.165) is 15.3 Å². The fourth-order valence-corrected chi connectivity index (χ4v) is 4.50. The highest BCUT2D eigenvalue weighted by atomic mass is 32.2. The lowest BCUT2D eigenvalue weighted by atomic mass is 10.1. The molecule has 1 fully saturated rings. The lowest BCUT2D eigenvalue weighted by Crippen LogP contribution is -2.29. The largest absolute Gasteiger partial charge is 0.317 e. The van der Waals surface area contributed by atoms with Gasteiger partial charge in [0.1, 0.15) is 5.01 Å². The molecule has 0 amide bonds. The molecule has 15 heavy (non-hydrogen) atoms. The van der Waals surface area contributed by atoms with Crippen LogP contribution in [0.25, 0.3) is 0 Å². The van der Waals surface area contributed by atoms with Crippen LogP contribution in [-0.2, 0) is 0 Å². The third kappa shape index (κ3) is 2.52. The topological polar surface area (TPSA) is 37.8 Å². The van der Waals surface area contributed by atoms with Crippen LogP contribution in [0.1, 0.15) is 24.8 Å². The van der Waals surface area contributed by atoms with Crippen molar-refractivity contribution in [1.29, 1.82) is 0 Å². The van der Waals surface area contributed by atoms with Crippen molar-refractivity contribution in [3.63, 3.8) is 0 Å². The van der Waals surface area contributed by atoms with Gasteiger partial charge in [0.05, 0.1) is 0 Å². The third-order valence-electron chi connectivity index (χ3n) is 3.11. The number of nitrogens with one attached hydrogen (secondary N) is 1. The van der Waals surface area contributed by atoms with Crippen molar-refractivity contribution in [2.75, 3.05) is 7.05 Å². The Labute approximate surface area is 99.1 Å². The summed E-state index contributed by atoms with van der Waals surface area (Å²) in [5.74, 6) is 0.726. The molecule has 0 aliphatic heterocycles. The van der Waals surface area contributed by atoms with E-state index >= 15 is 0 Å². The summed E-state index contributed by atoms with van der Waals surface area (Å²) >= 11 is 3.61. The Kier molecular flexibility index (Phi) is 3.64. The van der Waals surface area contributed by atoms with E-state index in [1.807, 2.05) is 18.7 Å². The van der Waals surface area contributed by atoms with Crippen LogP contribution in [0.2, 0.25) is 0 Å². The second-order valence-corrected chi connectivity index (χ2v) is 6.74. The van der Waals surface area contributed by atoms with Crippen LogP contribution >= 0.6 is 23.1 Å². The minimum atomic E-state index is 0.677. The number of thioether (sulfide) groups is 1.